The molecule has 7 heteroatoms. The van der Waals surface area contributed by atoms with Crippen molar-refractivity contribution < 1.29 is 13.5 Å². The van der Waals surface area contributed by atoms with Gasteiger partial charge in [0, 0.05) is 31.5 Å². The third-order valence-corrected chi connectivity index (χ3v) is 4.11. The first-order chi connectivity index (χ1) is 7.87. The number of aliphatic hydroxyl groups is 1. The fraction of sp³-hybridized carbons (Fsp3) is 0.700. The molecular formula is C10H19N3O3S. The van der Waals surface area contributed by atoms with Gasteiger partial charge in [-0.25, -0.2) is 13.1 Å². The van der Waals surface area contributed by atoms with Crippen molar-refractivity contribution in [1.29, 1.82) is 0 Å². The average Bonchev–Trinajstić information content (AvgIpc) is 2.48. The zero-order chi connectivity index (χ0) is 13.1. The lowest BCUT2D eigenvalue weighted by Crippen LogP contribution is -2.26. The number of nitrogens with one attached hydrogen (secondary N) is 1. The minimum absolute atomic E-state index is 0.0537. The van der Waals surface area contributed by atoms with Crippen molar-refractivity contribution in [2.75, 3.05) is 12.4 Å². The van der Waals surface area contributed by atoms with Gasteiger partial charge in [-0.3, -0.25) is 4.68 Å². The molecule has 0 fully saturated rings. The minimum atomic E-state index is -3.31. The Hall–Kier alpha value is -0.920. The van der Waals surface area contributed by atoms with E-state index < -0.39 is 10.0 Å². The lowest BCUT2D eigenvalue weighted by Gasteiger charge is -2.06. The van der Waals surface area contributed by atoms with Gasteiger partial charge < -0.3 is 5.11 Å². The first-order valence-electron chi connectivity index (χ1n) is 5.44. The van der Waals surface area contributed by atoms with Gasteiger partial charge in [-0.05, 0) is 20.3 Å². The van der Waals surface area contributed by atoms with Crippen LogP contribution in [0.25, 0.3) is 0 Å². The Kier molecular flexibility index (Phi) is 4.67. The Labute approximate surface area is 102 Å². The highest BCUT2D eigenvalue weighted by atomic mass is 32.2. The van der Waals surface area contributed by atoms with Crippen LogP contribution in [-0.4, -0.2) is 35.7 Å². The van der Waals surface area contributed by atoms with Crippen molar-refractivity contribution in [3.63, 3.8) is 0 Å². The van der Waals surface area contributed by atoms with Crippen LogP contribution in [0.3, 0.4) is 0 Å². The Morgan fingerprint density at radius 2 is 2.06 bits per heavy atom. The van der Waals surface area contributed by atoms with E-state index in [2.05, 4.69) is 9.82 Å². The van der Waals surface area contributed by atoms with E-state index in [0.29, 0.717) is 0 Å². The monoisotopic (exact) mass is 261 g/mol. The third kappa shape index (κ3) is 3.79. The molecular weight excluding hydrogens is 242 g/mol. The van der Waals surface area contributed by atoms with Crippen LogP contribution >= 0.6 is 0 Å². The zero-order valence-electron chi connectivity index (χ0n) is 10.4. The van der Waals surface area contributed by atoms with Gasteiger partial charge in [-0.15, -0.1) is 0 Å². The van der Waals surface area contributed by atoms with Gasteiger partial charge in [0.2, 0.25) is 10.0 Å². The first-order valence-corrected chi connectivity index (χ1v) is 7.10. The molecule has 1 aromatic heterocycles. The highest BCUT2D eigenvalue weighted by Crippen LogP contribution is 2.11. The molecule has 0 aliphatic heterocycles. The molecule has 1 rings (SSSR count). The second-order valence-electron chi connectivity index (χ2n) is 3.99. The SMILES string of the molecule is Cc1nn(C)c(C)c1CNS(=O)(=O)CCCO. The summed E-state index contributed by atoms with van der Waals surface area (Å²) in [5, 5.41) is 12.8. The molecule has 0 spiro atoms. The van der Waals surface area contributed by atoms with E-state index in [0.717, 1.165) is 17.0 Å². The van der Waals surface area contributed by atoms with Gasteiger partial charge >= 0.3 is 0 Å². The normalized spacial score (nSPS) is 12.0. The predicted molar refractivity (Wildman–Crippen MR) is 65.0 cm³/mol. The van der Waals surface area contributed by atoms with Crippen LogP contribution in [0, 0.1) is 13.8 Å². The van der Waals surface area contributed by atoms with Crippen LogP contribution in [0.15, 0.2) is 0 Å². The molecule has 6 nitrogen and oxygen atoms in total. The number of hydrogen-bond donors (Lipinski definition) is 2. The largest absolute Gasteiger partial charge is 0.396 e. The zero-order valence-corrected chi connectivity index (χ0v) is 11.2. The maximum atomic E-state index is 11.5. The van der Waals surface area contributed by atoms with Crippen LogP contribution in [0.1, 0.15) is 23.4 Å². The lowest BCUT2D eigenvalue weighted by molar-refractivity contribution is 0.295. The van der Waals surface area contributed by atoms with Crippen LogP contribution in [0.5, 0.6) is 0 Å². The van der Waals surface area contributed by atoms with E-state index >= 15 is 0 Å². The highest BCUT2D eigenvalue weighted by molar-refractivity contribution is 7.89. The molecule has 0 saturated heterocycles. The molecule has 0 aliphatic rings. The van der Waals surface area contributed by atoms with Gasteiger partial charge in [0.15, 0.2) is 0 Å². The summed E-state index contributed by atoms with van der Waals surface area (Å²) in [6, 6.07) is 0. The number of sulfonamides is 1. The van der Waals surface area contributed by atoms with E-state index in [4.69, 9.17) is 5.11 Å². The number of aromatic nitrogens is 2. The first kappa shape index (κ1) is 14.1. The summed E-state index contributed by atoms with van der Waals surface area (Å²) >= 11 is 0. The van der Waals surface area contributed by atoms with Gasteiger partial charge in [0.25, 0.3) is 0 Å². The quantitative estimate of drug-likeness (QED) is 0.745. The lowest BCUT2D eigenvalue weighted by atomic mass is 10.2. The standard InChI is InChI=1S/C10H19N3O3S/c1-8-10(9(2)13(3)12-8)7-11-17(15,16)6-4-5-14/h11,14H,4-7H2,1-3H3. The minimum Gasteiger partial charge on any atom is -0.396 e. The van der Waals surface area contributed by atoms with Crippen LogP contribution in [0.2, 0.25) is 0 Å². The number of aryl methyl sites for hydroxylation is 2. The molecule has 1 aromatic rings. The number of rotatable bonds is 6. The van der Waals surface area contributed by atoms with Crippen molar-refractivity contribution in [1.82, 2.24) is 14.5 Å². The van der Waals surface area contributed by atoms with Crippen molar-refractivity contribution >= 4 is 10.0 Å². The van der Waals surface area contributed by atoms with Gasteiger partial charge in [-0.2, -0.15) is 5.10 Å². The Balaban J connectivity index is 2.67. The van der Waals surface area contributed by atoms with E-state index in [1.807, 2.05) is 20.9 Å². The third-order valence-electron chi connectivity index (χ3n) is 2.70. The van der Waals surface area contributed by atoms with Gasteiger partial charge in [0.1, 0.15) is 0 Å². The molecule has 0 radical (unpaired) electrons. The predicted octanol–water partition coefficient (Wildman–Crippen LogP) is -0.161. The number of aliphatic hydroxyl groups excluding tert-OH is 1. The molecule has 0 amide bonds. The second kappa shape index (κ2) is 5.61. The highest BCUT2D eigenvalue weighted by Gasteiger charge is 2.13. The molecule has 0 aromatic carbocycles. The molecule has 0 bridgehead atoms. The molecule has 0 aliphatic carbocycles. The molecule has 17 heavy (non-hydrogen) atoms. The fourth-order valence-electron chi connectivity index (χ4n) is 1.58. The molecule has 0 unspecified atom stereocenters. The fourth-order valence-corrected chi connectivity index (χ4v) is 2.60. The van der Waals surface area contributed by atoms with E-state index in [1.165, 1.54) is 0 Å². The van der Waals surface area contributed by atoms with Gasteiger partial charge in [0.05, 0.1) is 11.4 Å². The molecule has 2 N–H and O–H groups in total. The molecule has 0 atom stereocenters. The second-order valence-corrected chi connectivity index (χ2v) is 5.92. The average molecular weight is 261 g/mol. The van der Waals surface area contributed by atoms with E-state index in [1.54, 1.807) is 4.68 Å². The van der Waals surface area contributed by atoms with E-state index in [9.17, 15) is 8.42 Å². The van der Waals surface area contributed by atoms with Crippen molar-refractivity contribution in [2.24, 2.45) is 7.05 Å². The topological polar surface area (TPSA) is 84.2 Å². The summed E-state index contributed by atoms with van der Waals surface area (Å²) in [5.74, 6) is -0.0537. The molecule has 98 valence electrons. The van der Waals surface area contributed by atoms with Gasteiger partial charge in [-0.1, -0.05) is 0 Å². The number of nitrogens with zero attached hydrogens (tertiary/aromatic N) is 2. The van der Waals surface area contributed by atoms with Crippen molar-refractivity contribution in [3.05, 3.63) is 17.0 Å². The Morgan fingerprint density at radius 1 is 1.41 bits per heavy atom. The summed E-state index contributed by atoms with van der Waals surface area (Å²) < 4.78 is 27.3. The summed E-state index contributed by atoms with van der Waals surface area (Å²) in [7, 11) is -1.49. The Morgan fingerprint density at radius 3 is 2.53 bits per heavy atom. The van der Waals surface area contributed by atoms with Crippen LogP contribution in [0.4, 0.5) is 0 Å². The summed E-state index contributed by atoms with van der Waals surface area (Å²) in [6.07, 6.45) is 0.250. The van der Waals surface area contributed by atoms with Crippen molar-refractivity contribution in [2.45, 2.75) is 26.8 Å². The summed E-state index contributed by atoms with van der Waals surface area (Å²) in [6.45, 7) is 3.88. The molecule has 1 heterocycles. The maximum absolute atomic E-state index is 11.5. The molecule has 0 saturated carbocycles. The van der Waals surface area contributed by atoms with Crippen LogP contribution < -0.4 is 4.72 Å². The van der Waals surface area contributed by atoms with Crippen molar-refractivity contribution in [3.8, 4) is 0 Å². The summed E-state index contributed by atoms with van der Waals surface area (Å²) in [4.78, 5) is 0. The smallest absolute Gasteiger partial charge is 0.211 e. The van der Waals surface area contributed by atoms with E-state index in [-0.39, 0.29) is 25.3 Å². The number of hydrogen-bond acceptors (Lipinski definition) is 4. The maximum Gasteiger partial charge on any atom is 0.211 e. The summed E-state index contributed by atoms with van der Waals surface area (Å²) in [5.41, 5.74) is 2.68. The Bertz CT molecular complexity index is 479. The van der Waals surface area contributed by atoms with Crippen LogP contribution in [-0.2, 0) is 23.6 Å².